The van der Waals surface area contributed by atoms with Crippen LogP contribution in [0.2, 0.25) is 0 Å². The van der Waals surface area contributed by atoms with Crippen LogP contribution in [0.1, 0.15) is 36.2 Å². The smallest absolute Gasteiger partial charge is 0.274 e. The van der Waals surface area contributed by atoms with Gasteiger partial charge in [0.1, 0.15) is 12.3 Å². The summed E-state index contributed by atoms with van der Waals surface area (Å²) in [5, 5.41) is 0. The van der Waals surface area contributed by atoms with E-state index in [-0.39, 0.29) is 30.1 Å². The number of rotatable bonds is 4. The van der Waals surface area contributed by atoms with Crippen molar-refractivity contribution in [3.63, 3.8) is 0 Å². The van der Waals surface area contributed by atoms with E-state index in [1.807, 2.05) is 0 Å². The van der Waals surface area contributed by atoms with Gasteiger partial charge < -0.3 is 19.3 Å². The topological polar surface area (TPSA) is 84.9 Å². The highest BCUT2D eigenvalue weighted by atomic mass is 16.5. The Balaban J connectivity index is 1.52. The summed E-state index contributed by atoms with van der Waals surface area (Å²) >= 11 is 0. The Bertz CT molecular complexity index is 629. The van der Waals surface area contributed by atoms with Crippen LogP contribution in [0.15, 0.2) is 18.6 Å². The summed E-state index contributed by atoms with van der Waals surface area (Å²) in [4.78, 5) is 35.6. The molecule has 1 atom stereocenters. The van der Waals surface area contributed by atoms with Crippen LogP contribution in [-0.4, -0.2) is 83.7 Å². The molecule has 1 spiro atoms. The second kappa shape index (κ2) is 8.09. The third kappa shape index (κ3) is 4.37. The molecule has 8 nitrogen and oxygen atoms in total. The molecule has 2 amide bonds. The van der Waals surface area contributed by atoms with Gasteiger partial charge in [-0.3, -0.25) is 14.6 Å². The first-order valence-electron chi connectivity index (χ1n) is 9.00. The average molecular weight is 362 g/mol. The van der Waals surface area contributed by atoms with Crippen LogP contribution < -0.4 is 0 Å². The molecule has 1 aromatic rings. The van der Waals surface area contributed by atoms with E-state index in [2.05, 4.69) is 9.97 Å². The maximum Gasteiger partial charge on any atom is 0.274 e. The first kappa shape index (κ1) is 18.7. The minimum Gasteiger partial charge on any atom is -0.375 e. The third-order valence-corrected chi connectivity index (χ3v) is 5.13. The number of piperidine rings is 1. The SMILES string of the molecule is CN(C)C(=O)COC1CCOC2(CCN(C(=O)c3cnccn3)CC2)C1. The Hall–Kier alpha value is -2.06. The van der Waals surface area contributed by atoms with Gasteiger partial charge in [0, 0.05) is 52.6 Å². The Morgan fingerprint density at radius 3 is 2.77 bits per heavy atom. The molecule has 0 saturated carbocycles. The van der Waals surface area contributed by atoms with Crippen molar-refractivity contribution < 1.29 is 19.1 Å². The zero-order chi connectivity index (χ0) is 18.6. The fourth-order valence-electron chi connectivity index (χ4n) is 3.48. The maximum absolute atomic E-state index is 12.5. The fraction of sp³-hybridized carbons (Fsp3) is 0.667. The zero-order valence-corrected chi connectivity index (χ0v) is 15.4. The van der Waals surface area contributed by atoms with E-state index in [0.29, 0.717) is 25.4 Å². The molecule has 2 saturated heterocycles. The molecule has 2 aliphatic rings. The lowest BCUT2D eigenvalue weighted by Gasteiger charge is -2.46. The lowest BCUT2D eigenvalue weighted by atomic mass is 9.83. The number of ether oxygens (including phenoxy) is 2. The molecular formula is C18H26N4O4. The molecular weight excluding hydrogens is 336 g/mol. The number of likely N-dealkylation sites (N-methyl/N-ethyl adjacent to an activating group) is 1. The summed E-state index contributed by atoms with van der Waals surface area (Å²) in [7, 11) is 3.45. The van der Waals surface area contributed by atoms with Gasteiger partial charge in [-0.2, -0.15) is 0 Å². The molecule has 0 aromatic carbocycles. The zero-order valence-electron chi connectivity index (χ0n) is 15.4. The fourth-order valence-corrected chi connectivity index (χ4v) is 3.48. The number of hydrogen-bond donors (Lipinski definition) is 0. The quantitative estimate of drug-likeness (QED) is 0.785. The average Bonchev–Trinajstić information content (AvgIpc) is 2.67. The van der Waals surface area contributed by atoms with E-state index < -0.39 is 0 Å². The lowest BCUT2D eigenvalue weighted by Crippen LogP contribution is -2.52. The van der Waals surface area contributed by atoms with Gasteiger partial charge in [0.2, 0.25) is 5.91 Å². The van der Waals surface area contributed by atoms with Crippen LogP contribution in [0, 0.1) is 0 Å². The number of aromatic nitrogens is 2. The van der Waals surface area contributed by atoms with Crippen LogP contribution in [0.4, 0.5) is 0 Å². The summed E-state index contributed by atoms with van der Waals surface area (Å²) in [5.74, 6) is -0.122. The summed E-state index contributed by atoms with van der Waals surface area (Å²) in [5.41, 5.74) is 0.111. The highest BCUT2D eigenvalue weighted by Crippen LogP contribution is 2.36. The number of likely N-dealkylation sites (tertiary alicyclic amines) is 1. The number of nitrogens with zero attached hydrogens (tertiary/aromatic N) is 4. The third-order valence-electron chi connectivity index (χ3n) is 5.13. The second-order valence-electron chi connectivity index (χ2n) is 7.13. The van der Waals surface area contributed by atoms with Crippen LogP contribution >= 0.6 is 0 Å². The lowest BCUT2D eigenvalue weighted by molar-refractivity contribution is -0.160. The Kier molecular flexibility index (Phi) is 5.83. The second-order valence-corrected chi connectivity index (χ2v) is 7.13. The number of carbonyl (C=O) groups excluding carboxylic acids is 2. The maximum atomic E-state index is 12.5. The van der Waals surface area contributed by atoms with Crippen LogP contribution in [0.5, 0.6) is 0 Å². The van der Waals surface area contributed by atoms with Gasteiger partial charge in [-0.1, -0.05) is 0 Å². The van der Waals surface area contributed by atoms with Crippen molar-refractivity contribution in [1.82, 2.24) is 19.8 Å². The van der Waals surface area contributed by atoms with Crippen molar-refractivity contribution in [2.75, 3.05) is 40.4 Å². The Morgan fingerprint density at radius 1 is 1.35 bits per heavy atom. The minimum absolute atomic E-state index is 0.0230. The molecule has 142 valence electrons. The molecule has 8 heteroatoms. The van der Waals surface area contributed by atoms with E-state index in [9.17, 15) is 9.59 Å². The highest BCUT2D eigenvalue weighted by molar-refractivity contribution is 5.92. The molecule has 0 radical (unpaired) electrons. The number of amides is 2. The van der Waals surface area contributed by atoms with Crippen molar-refractivity contribution in [1.29, 1.82) is 0 Å². The monoisotopic (exact) mass is 362 g/mol. The van der Waals surface area contributed by atoms with Crippen LogP contribution in [-0.2, 0) is 14.3 Å². The molecule has 1 aromatic heterocycles. The number of hydrogen-bond acceptors (Lipinski definition) is 6. The van der Waals surface area contributed by atoms with E-state index in [0.717, 1.165) is 25.7 Å². The molecule has 3 rings (SSSR count). The molecule has 2 fully saturated rings. The predicted molar refractivity (Wildman–Crippen MR) is 93.5 cm³/mol. The van der Waals surface area contributed by atoms with Gasteiger partial charge in [0.25, 0.3) is 5.91 Å². The molecule has 1 unspecified atom stereocenters. The van der Waals surface area contributed by atoms with Crippen molar-refractivity contribution in [3.8, 4) is 0 Å². The first-order chi connectivity index (χ1) is 12.5. The van der Waals surface area contributed by atoms with Crippen molar-refractivity contribution >= 4 is 11.8 Å². The van der Waals surface area contributed by atoms with Gasteiger partial charge in [0.05, 0.1) is 17.9 Å². The molecule has 3 heterocycles. The predicted octanol–water partition coefficient (Wildman–Crippen LogP) is 0.735. The van der Waals surface area contributed by atoms with E-state index in [1.165, 1.54) is 17.3 Å². The first-order valence-corrected chi connectivity index (χ1v) is 9.00. The van der Waals surface area contributed by atoms with Gasteiger partial charge >= 0.3 is 0 Å². The molecule has 0 aliphatic carbocycles. The molecule has 0 bridgehead atoms. The Labute approximate surface area is 153 Å². The number of carbonyl (C=O) groups is 2. The van der Waals surface area contributed by atoms with Crippen molar-refractivity contribution in [2.45, 2.75) is 37.4 Å². The van der Waals surface area contributed by atoms with Crippen molar-refractivity contribution in [3.05, 3.63) is 24.3 Å². The van der Waals surface area contributed by atoms with Gasteiger partial charge in [-0.15, -0.1) is 0 Å². The largest absolute Gasteiger partial charge is 0.375 e. The summed E-state index contributed by atoms with van der Waals surface area (Å²) < 4.78 is 11.9. The van der Waals surface area contributed by atoms with Crippen LogP contribution in [0.25, 0.3) is 0 Å². The van der Waals surface area contributed by atoms with Crippen LogP contribution in [0.3, 0.4) is 0 Å². The van der Waals surface area contributed by atoms with Gasteiger partial charge in [-0.05, 0) is 19.3 Å². The van der Waals surface area contributed by atoms with Gasteiger partial charge in [0.15, 0.2) is 0 Å². The van der Waals surface area contributed by atoms with E-state index in [1.54, 1.807) is 25.2 Å². The highest BCUT2D eigenvalue weighted by Gasteiger charge is 2.41. The van der Waals surface area contributed by atoms with Gasteiger partial charge in [-0.25, -0.2) is 4.98 Å². The molecule has 26 heavy (non-hydrogen) atoms. The summed E-state index contributed by atoms with van der Waals surface area (Å²) in [6.45, 7) is 1.97. The summed E-state index contributed by atoms with van der Waals surface area (Å²) in [6.07, 6.45) is 7.69. The van der Waals surface area contributed by atoms with E-state index >= 15 is 0 Å². The summed E-state index contributed by atoms with van der Waals surface area (Å²) in [6, 6.07) is 0. The minimum atomic E-state index is -0.261. The normalized spacial score (nSPS) is 22.2. The molecule has 0 N–H and O–H groups in total. The molecule has 2 aliphatic heterocycles. The standard InChI is InChI=1S/C18H26N4O4/c1-21(2)16(23)13-25-14-3-10-26-18(11-14)4-8-22(9-5-18)17(24)15-12-19-6-7-20-15/h6-7,12,14H,3-5,8-11,13H2,1-2H3. The Morgan fingerprint density at radius 2 is 2.12 bits per heavy atom. The van der Waals surface area contributed by atoms with E-state index in [4.69, 9.17) is 9.47 Å². The van der Waals surface area contributed by atoms with Crippen molar-refractivity contribution in [2.24, 2.45) is 0 Å².